The van der Waals surface area contributed by atoms with Crippen LogP contribution < -0.4 is 0 Å². The molecule has 0 bridgehead atoms. The minimum Gasteiger partial charge on any atom is -0.589 e. The third-order valence-corrected chi connectivity index (χ3v) is 5.64. The molecule has 0 aliphatic carbocycles. The van der Waals surface area contributed by atoms with Gasteiger partial charge in [0, 0.05) is 18.2 Å². The van der Waals surface area contributed by atoms with Crippen LogP contribution in [0.3, 0.4) is 0 Å². The minimum absolute atomic E-state index is 0.250. The lowest BCUT2D eigenvalue weighted by molar-refractivity contribution is 0.143. The predicted molar refractivity (Wildman–Crippen MR) is 87.8 cm³/mol. The van der Waals surface area contributed by atoms with Crippen LogP contribution in [0.2, 0.25) is 0 Å². The molecule has 5 nitrogen and oxygen atoms in total. The topological polar surface area (TPSA) is 64.4 Å². The maximum atomic E-state index is 12.4. The Morgan fingerprint density at radius 1 is 1.48 bits per heavy atom. The second kappa shape index (κ2) is 5.18. The monoisotopic (exact) mass is 329 g/mol. The molecule has 120 valence electrons. The highest BCUT2D eigenvalue weighted by atomic mass is 32.2. The fraction of sp³-hybridized carbons (Fsp3) is 0.471. The van der Waals surface area contributed by atoms with Crippen molar-refractivity contribution in [2.24, 2.45) is 0 Å². The van der Waals surface area contributed by atoms with Crippen LogP contribution in [-0.4, -0.2) is 36.3 Å². The van der Waals surface area contributed by atoms with Gasteiger partial charge in [0.25, 0.3) is 5.00 Å². The van der Waals surface area contributed by atoms with E-state index in [1.807, 2.05) is 10.6 Å². The zero-order chi connectivity index (χ0) is 16.2. The van der Waals surface area contributed by atoms with E-state index in [-0.39, 0.29) is 6.04 Å². The molecule has 0 radical (unpaired) electrons. The third kappa shape index (κ3) is 2.50. The molecule has 4 heterocycles. The van der Waals surface area contributed by atoms with Crippen molar-refractivity contribution >= 4 is 10.8 Å². The summed E-state index contributed by atoms with van der Waals surface area (Å²) in [5.74, 6) is 5.88. The molecule has 1 fully saturated rings. The molecule has 0 aromatic carbocycles. The lowest BCUT2D eigenvalue weighted by Gasteiger charge is -2.21. The van der Waals surface area contributed by atoms with E-state index < -0.39 is 16.4 Å². The molecular formula is C17H19N3O2S. The summed E-state index contributed by atoms with van der Waals surface area (Å²) >= 11 is 0. The van der Waals surface area contributed by atoms with Gasteiger partial charge in [-0.1, -0.05) is 5.92 Å². The van der Waals surface area contributed by atoms with Crippen LogP contribution in [0.5, 0.6) is 0 Å². The Labute approximate surface area is 138 Å². The van der Waals surface area contributed by atoms with Gasteiger partial charge in [-0.05, 0) is 49.9 Å². The van der Waals surface area contributed by atoms with Crippen LogP contribution in [0.25, 0.3) is 5.00 Å². The van der Waals surface area contributed by atoms with E-state index in [1.54, 1.807) is 25.6 Å². The number of thiophene rings is 1. The molecular weight excluding hydrogens is 310 g/mol. The Morgan fingerprint density at radius 2 is 2.30 bits per heavy atom. The Bertz CT molecular complexity index is 819. The van der Waals surface area contributed by atoms with E-state index >= 15 is 0 Å². The molecule has 2 aliphatic heterocycles. The molecule has 2 aliphatic rings. The summed E-state index contributed by atoms with van der Waals surface area (Å²) in [6.45, 7) is 5.17. The van der Waals surface area contributed by atoms with Crippen molar-refractivity contribution in [2.75, 3.05) is 6.54 Å². The molecule has 0 saturated carbocycles. The number of aliphatic hydroxyl groups is 1. The summed E-state index contributed by atoms with van der Waals surface area (Å²) in [7, 11) is -1.13. The van der Waals surface area contributed by atoms with E-state index in [2.05, 4.69) is 21.7 Å². The largest absolute Gasteiger partial charge is 0.589 e. The van der Waals surface area contributed by atoms with E-state index in [0.717, 1.165) is 42.2 Å². The first-order chi connectivity index (χ1) is 10.9. The van der Waals surface area contributed by atoms with Crippen LogP contribution in [0.15, 0.2) is 17.8 Å². The first-order valence-corrected chi connectivity index (χ1v) is 9.04. The summed E-state index contributed by atoms with van der Waals surface area (Å²) in [5.41, 5.74) is 1.75. The van der Waals surface area contributed by atoms with Crippen molar-refractivity contribution in [1.82, 2.24) is 14.5 Å². The third-order valence-electron chi connectivity index (χ3n) is 4.42. The van der Waals surface area contributed by atoms with Crippen molar-refractivity contribution in [1.29, 1.82) is 0 Å². The lowest BCUT2D eigenvalue weighted by Crippen LogP contribution is -2.22. The Hall–Kier alpha value is -1.65. The molecule has 1 N–H and O–H groups in total. The first-order valence-electron chi connectivity index (χ1n) is 7.83. The van der Waals surface area contributed by atoms with Crippen LogP contribution in [0.4, 0.5) is 0 Å². The molecule has 2 aromatic rings. The quantitative estimate of drug-likeness (QED) is 0.595. The Kier molecular flexibility index (Phi) is 3.36. The van der Waals surface area contributed by atoms with Gasteiger partial charge < -0.3 is 9.66 Å². The highest BCUT2D eigenvalue weighted by molar-refractivity contribution is 7.26. The van der Waals surface area contributed by atoms with Gasteiger partial charge in [0.2, 0.25) is 0 Å². The smallest absolute Gasteiger partial charge is 0.256 e. The number of hydrogen-bond donors (Lipinski definition) is 1. The Morgan fingerprint density at radius 3 is 3.09 bits per heavy atom. The summed E-state index contributed by atoms with van der Waals surface area (Å²) in [6, 6.07) is 2.22. The van der Waals surface area contributed by atoms with Crippen molar-refractivity contribution in [3.05, 3.63) is 34.7 Å². The molecule has 6 heteroatoms. The fourth-order valence-electron chi connectivity index (χ4n) is 3.47. The number of nitrogens with zero attached hydrogens (tertiary/aromatic N) is 3. The molecule has 4 rings (SSSR count). The lowest BCUT2D eigenvalue weighted by atomic mass is 10.1. The van der Waals surface area contributed by atoms with Crippen LogP contribution >= 0.6 is 10.8 Å². The van der Waals surface area contributed by atoms with E-state index in [9.17, 15) is 9.66 Å². The molecule has 0 amide bonds. The van der Waals surface area contributed by atoms with Crippen LogP contribution in [0, 0.1) is 11.8 Å². The van der Waals surface area contributed by atoms with Crippen molar-refractivity contribution in [2.45, 2.75) is 44.9 Å². The first kappa shape index (κ1) is 14.9. The minimum atomic E-state index is -1.13. The Balaban J connectivity index is 1.91. The van der Waals surface area contributed by atoms with Gasteiger partial charge in [0.05, 0.1) is 11.7 Å². The normalized spacial score (nSPS) is 21.0. The van der Waals surface area contributed by atoms with E-state index in [0.29, 0.717) is 5.69 Å². The maximum Gasteiger partial charge on any atom is 0.256 e. The standard InChI is InChI=1S/C17H19N3O2S/c1-17(2,21)7-5-13-15-14-4-3-8-19(14)10-12-6-9-23(22)16(12)20(15)11-18-13/h6,9,11,14,21H,3-4,8,10H2,1-2H3. The van der Waals surface area contributed by atoms with Gasteiger partial charge >= 0.3 is 0 Å². The zero-order valence-electron chi connectivity index (χ0n) is 13.2. The molecule has 2 unspecified atom stereocenters. The summed E-state index contributed by atoms with van der Waals surface area (Å²) < 4.78 is 14.4. The number of hydrogen-bond acceptors (Lipinski definition) is 4. The molecule has 23 heavy (non-hydrogen) atoms. The van der Waals surface area contributed by atoms with Gasteiger partial charge in [-0.25, -0.2) is 4.98 Å². The number of rotatable bonds is 0. The molecule has 2 aromatic heterocycles. The maximum absolute atomic E-state index is 12.4. The molecule has 0 spiro atoms. The van der Waals surface area contributed by atoms with Gasteiger partial charge in [0.1, 0.15) is 23.0 Å². The SMILES string of the molecule is CC(C)(O)C#Cc1ncn2c1C1CCCN1Cc1cc[s+]([O-])c1-2. The van der Waals surface area contributed by atoms with Gasteiger partial charge in [-0.15, -0.1) is 0 Å². The van der Waals surface area contributed by atoms with Gasteiger partial charge in [-0.2, -0.15) is 0 Å². The number of imidazole rings is 1. The summed E-state index contributed by atoms with van der Waals surface area (Å²) in [4.78, 5) is 6.87. The van der Waals surface area contributed by atoms with Crippen LogP contribution in [0.1, 0.15) is 49.7 Å². The van der Waals surface area contributed by atoms with Crippen molar-refractivity contribution in [3.63, 3.8) is 0 Å². The average Bonchev–Trinajstić information content (AvgIpc) is 3.14. The van der Waals surface area contributed by atoms with Gasteiger partial charge in [0.15, 0.2) is 0 Å². The second-order valence-electron chi connectivity index (χ2n) is 6.72. The predicted octanol–water partition coefficient (Wildman–Crippen LogP) is 2.37. The van der Waals surface area contributed by atoms with Crippen molar-refractivity contribution < 1.29 is 9.66 Å². The fourth-order valence-corrected chi connectivity index (χ4v) is 4.62. The molecule has 2 atom stereocenters. The van der Waals surface area contributed by atoms with E-state index in [4.69, 9.17) is 0 Å². The number of aromatic nitrogens is 2. The second-order valence-corrected chi connectivity index (χ2v) is 7.97. The van der Waals surface area contributed by atoms with Gasteiger partial charge in [-0.3, -0.25) is 9.47 Å². The average molecular weight is 329 g/mol. The summed E-state index contributed by atoms with van der Waals surface area (Å²) in [6.07, 6.45) is 3.93. The van der Waals surface area contributed by atoms with Crippen LogP contribution in [-0.2, 0) is 6.54 Å². The molecule has 1 saturated heterocycles. The summed E-state index contributed by atoms with van der Waals surface area (Å²) in [5, 5.41) is 12.4. The number of fused-ring (bicyclic) bond motifs is 5. The van der Waals surface area contributed by atoms with Crippen molar-refractivity contribution in [3.8, 4) is 16.8 Å². The zero-order valence-corrected chi connectivity index (χ0v) is 14.1. The highest BCUT2D eigenvalue weighted by Gasteiger charge is 2.37. The van der Waals surface area contributed by atoms with E-state index in [1.165, 1.54) is 0 Å². The highest BCUT2D eigenvalue weighted by Crippen LogP contribution is 2.43.